The van der Waals surface area contributed by atoms with Crippen molar-refractivity contribution in [3.05, 3.63) is 18.6 Å². The molecule has 3 rings (SSSR count). The molecule has 2 saturated heterocycles. The normalized spacial score (nSPS) is 26.1. The molecule has 1 unspecified atom stereocenters. The van der Waals surface area contributed by atoms with Gasteiger partial charge in [-0.25, -0.2) is 8.42 Å². The lowest BCUT2D eigenvalue weighted by Gasteiger charge is -2.32. The van der Waals surface area contributed by atoms with Crippen LogP contribution in [0.5, 0.6) is 0 Å². The third-order valence-corrected chi connectivity index (χ3v) is 5.92. The van der Waals surface area contributed by atoms with Gasteiger partial charge in [-0.05, 0) is 18.9 Å². The van der Waals surface area contributed by atoms with Gasteiger partial charge in [0.1, 0.15) is 11.2 Å². The highest BCUT2D eigenvalue weighted by Crippen LogP contribution is 2.27. The summed E-state index contributed by atoms with van der Waals surface area (Å²) in [6.45, 7) is 4.64. The maximum Gasteiger partial charge on any atom is 0.246 e. The zero-order valence-corrected chi connectivity index (χ0v) is 12.2. The monoisotopic (exact) mass is 300 g/mol. The molecule has 1 atom stereocenters. The average molecular weight is 300 g/mol. The molecule has 0 aromatic carbocycles. The van der Waals surface area contributed by atoms with Crippen LogP contribution in [-0.2, 0) is 14.8 Å². The number of ether oxygens (including phenoxy) is 1. The number of rotatable bonds is 4. The van der Waals surface area contributed by atoms with Gasteiger partial charge in [0.25, 0.3) is 0 Å². The third-order valence-electron chi connectivity index (χ3n) is 4.00. The van der Waals surface area contributed by atoms with Crippen LogP contribution in [0.1, 0.15) is 12.8 Å². The Morgan fingerprint density at radius 3 is 2.75 bits per heavy atom. The predicted octanol–water partition coefficient (Wildman–Crippen LogP) is 0.765. The lowest BCUT2D eigenvalue weighted by Crippen LogP contribution is -2.46. The summed E-state index contributed by atoms with van der Waals surface area (Å²) < 4.78 is 37.0. The zero-order valence-electron chi connectivity index (χ0n) is 11.4. The molecule has 3 heterocycles. The summed E-state index contributed by atoms with van der Waals surface area (Å²) in [5.41, 5.74) is 0. The van der Waals surface area contributed by atoms with E-state index in [1.54, 1.807) is 4.31 Å². The van der Waals surface area contributed by atoms with Gasteiger partial charge in [-0.1, -0.05) is 0 Å². The van der Waals surface area contributed by atoms with E-state index in [9.17, 15) is 8.42 Å². The maximum atomic E-state index is 12.6. The molecule has 7 heteroatoms. The molecule has 6 nitrogen and oxygen atoms in total. The molecule has 1 aromatic rings. The SMILES string of the molecule is O=S(=O)(c1ccoc1)N1CCCC1CN1CCOCC1. The first kappa shape index (κ1) is 14.1. The van der Waals surface area contributed by atoms with Crippen LogP contribution < -0.4 is 0 Å². The fraction of sp³-hybridized carbons (Fsp3) is 0.692. The van der Waals surface area contributed by atoms with Crippen molar-refractivity contribution in [1.29, 1.82) is 0 Å². The largest absolute Gasteiger partial charge is 0.471 e. The van der Waals surface area contributed by atoms with Crippen LogP contribution in [0.25, 0.3) is 0 Å². The van der Waals surface area contributed by atoms with Gasteiger partial charge in [-0.3, -0.25) is 4.90 Å². The Kier molecular flexibility index (Phi) is 4.11. The molecule has 0 spiro atoms. The lowest BCUT2D eigenvalue weighted by molar-refractivity contribution is 0.0312. The molecule has 112 valence electrons. The van der Waals surface area contributed by atoms with Crippen LogP contribution in [0.3, 0.4) is 0 Å². The molecule has 2 aliphatic rings. The predicted molar refractivity (Wildman–Crippen MR) is 72.9 cm³/mol. The van der Waals surface area contributed by atoms with Gasteiger partial charge in [-0.15, -0.1) is 0 Å². The molecule has 1 aromatic heterocycles. The number of sulfonamides is 1. The van der Waals surface area contributed by atoms with Gasteiger partial charge in [0.15, 0.2) is 0 Å². The second-order valence-corrected chi connectivity index (χ2v) is 7.17. The van der Waals surface area contributed by atoms with Crippen molar-refractivity contribution in [2.45, 2.75) is 23.8 Å². The molecule has 0 saturated carbocycles. The van der Waals surface area contributed by atoms with Crippen LogP contribution in [0.15, 0.2) is 27.9 Å². The maximum absolute atomic E-state index is 12.6. The standard InChI is InChI=1S/C13H20N2O4S/c16-20(17,13-3-7-19-11-13)15-4-1-2-12(15)10-14-5-8-18-9-6-14/h3,7,11-12H,1-2,4-6,8-10H2. The van der Waals surface area contributed by atoms with Gasteiger partial charge >= 0.3 is 0 Å². The van der Waals surface area contributed by atoms with Crippen LogP contribution in [0.2, 0.25) is 0 Å². The van der Waals surface area contributed by atoms with Crippen LogP contribution in [-0.4, -0.2) is 63.1 Å². The first-order valence-corrected chi connectivity index (χ1v) is 8.46. The molecule has 0 radical (unpaired) electrons. The van der Waals surface area contributed by atoms with E-state index < -0.39 is 10.0 Å². The number of nitrogens with zero attached hydrogens (tertiary/aromatic N) is 2. The van der Waals surface area contributed by atoms with Crippen LogP contribution in [0, 0.1) is 0 Å². The number of morpholine rings is 1. The van der Waals surface area contributed by atoms with Gasteiger partial charge < -0.3 is 9.15 Å². The molecule has 2 fully saturated rings. The Labute approximate surface area is 119 Å². The van der Waals surface area contributed by atoms with E-state index in [1.807, 2.05) is 0 Å². The minimum atomic E-state index is -3.41. The summed E-state index contributed by atoms with van der Waals surface area (Å²) in [5.74, 6) is 0. The van der Waals surface area contributed by atoms with Crippen molar-refractivity contribution in [3.63, 3.8) is 0 Å². The number of furan rings is 1. The zero-order chi connectivity index (χ0) is 14.0. The van der Waals surface area contributed by atoms with Crippen molar-refractivity contribution in [2.75, 3.05) is 39.4 Å². The lowest BCUT2D eigenvalue weighted by atomic mass is 10.2. The highest BCUT2D eigenvalue weighted by Gasteiger charge is 2.36. The van der Waals surface area contributed by atoms with E-state index in [1.165, 1.54) is 18.6 Å². The Morgan fingerprint density at radius 2 is 2.05 bits per heavy atom. The first-order chi connectivity index (χ1) is 9.68. The quantitative estimate of drug-likeness (QED) is 0.821. The second-order valence-electron chi connectivity index (χ2n) is 5.28. The number of hydrogen-bond acceptors (Lipinski definition) is 5. The molecule has 0 aliphatic carbocycles. The summed E-state index contributed by atoms with van der Waals surface area (Å²) in [7, 11) is -3.41. The minimum absolute atomic E-state index is 0.0630. The Hall–Kier alpha value is -0.890. The second kappa shape index (κ2) is 5.85. The average Bonchev–Trinajstić information content (AvgIpc) is 3.11. The molecule has 0 bridgehead atoms. The highest BCUT2D eigenvalue weighted by atomic mass is 32.2. The van der Waals surface area contributed by atoms with Crippen LogP contribution >= 0.6 is 0 Å². The molecular weight excluding hydrogens is 280 g/mol. The fourth-order valence-corrected chi connectivity index (χ4v) is 4.53. The molecule has 20 heavy (non-hydrogen) atoms. The first-order valence-electron chi connectivity index (χ1n) is 7.02. The van der Waals surface area contributed by atoms with E-state index in [0.717, 1.165) is 45.7 Å². The number of hydrogen-bond donors (Lipinski definition) is 0. The van der Waals surface area contributed by atoms with Crippen molar-refractivity contribution < 1.29 is 17.6 Å². The van der Waals surface area contributed by atoms with E-state index in [4.69, 9.17) is 9.15 Å². The summed E-state index contributed by atoms with van der Waals surface area (Å²) >= 11 is 0. The van der Waals surface area contributed by atoms with Crippen molar-refractivity contribution in [1.82, 2.24) is 9.21 Å². The van der Waals surface area contributed by atoms with Crippen LogP contribution in [0.4, 0.5) is 0 Å². The van der Waals surface area contributed by atoms with Crippen molar-refractivity contribution in [2.24, 2.45) is 0 Å². The van der Waals surface area contributed by atoms with Crippen molar-refractivity contribution in [3.8, 4) is 0 Å². The topological polar surface area (TPSA) is 63.0 Å². The van der Waals surface area contributed by atoms with E-state index in [-0.39, 0.29) is 10.9 Å². The molecule has 2 aliphatic heterocycles. The molecular formula is C13H20N2O4S. The Morgan fingerprint density at radius 1 is 1.25 bits per heavy atom. The van der Waals surface area contributed by atoms with Gasteiger partial charge in [-0.2, -0.15) is 4.31 Å². The Bertz CT molecular complexity index is 523. The summed E-state index contributed by atoms with van der Waals surface area (Å²) in [4.78, 5) is 2.54. The van der Waals surface area contributed by atoms with Crippen molar-refractivity contribution >= 4 is 10.0 Å². The van der Waals surface area contributed by atoms with E-state index in [0.29, 0.717) is 6.54 Å². The van der Waals surface area contributed by atoms with Gasteiger partial charge in [0.2, 0.25) is 10.0 Å². The highest BCUT2D eigenvalue weighted by molar-refractivity contribution is 7.89. The van der Waals surface area contributed by atoms with E-state index in [2.05, 4.69) is 4.90 Å². The summed E-state index contributed by atoms with van der Waals surface area (Å²) in [6, 6.07) is 1.58. The fourth-order valence-electron chi connectivity index (χ4n) is 2.92. The smallest absolute Gasteiger partial charge is 0.246 e. The summed E-state index contributed by atoms with van der Waals surface area (Å²) in [6.07, 6.45) is 4.56. The molecule has 0 N–H and O–H groups in total. The molecule has 0 amide bonds. The van der Waals surface area contributed by atoms with Gasteiger partial charge in [0, 0.05) is 32.2 Å². The summed E-state index contributed by atoms with van der Waals surface area (Å²) in [5, 5.41) is 0. The Balaban J connectivity index is 1.72. The van der Waals surface area contributed by atoms with Gasteiger partial charge in [0.05, 0.1) is 19.5 Å². The minimum Gasteiger partial charge on any atom is -0.471 e. The van der Waals surface area contributed by atoms with E-state index >= 15 is 0 Å². The third kappa shape index (κ3) is 2.76.